The summed E-state index contributed by atoms with van der Waals surface area (Å²) >= 11 is 0. The lowest BCUT2D eigenvalue weighted by molar-refractivity contribution is 0.0522. The van der Waals surface area contributed by atoms with Crippen LogP contribution in [0.15, 0.2) is 73.2 Å². The Bertz CT molecular complexity index is 1090. The van der Waals surface area contributed by atoms with Gasteiger partial charge in [0, 0.05) is 18.3 Å². The molecule has 0 atom stereocenters. The van der Waals surface area contributed by atoms with Crippen molar-refractivity contribution in [2.24, 2.45) is 0 Å². The maximum atomic E-state index is 12.5. The molecule has 4 rings (SSSR count). The Labute approximate surface area is 162 Å². The van der Waals surface area contributed by atoms with Gasteiger partial charge in [0.25, 0.3) is 0 Å². The van der Waals surface area contributed by atoms with Gasteiger partial charge in [-0.3, -0.25) is 4.40 Å². The van der Waals surface area contributed by atoms with Crippen molar-refractivity contribution < 1.29 is 9.53 Å². The highest BCUT2D eigenvalue weighted by atomic mass is 16.5. The predicted molar refractivity (Wildman–Crippen MR) is 108 cm³/mol. The van der Waals surface area contributed by atoms with E-state index < -0.39 is 5.97 Å². The van der Waals surface area contributed by atoms with E-state index in [1.165, 1.54) is 0 Å². The highest BCUT2D eigenvalue weighted by Crippen LogP contribution is 2.28. The molecule has 1 N–H and O–H groups in total. The number of aromatic nitrogens is 3. The zero-order chi connectivity index (χ0) is 19.3. The second kappa shape index (κ2) is 7.92. The molecule has 4 aromatic rings. The lowest BCUT2D eigenvalue weighted by Gasteiger charge is -2.12. The first-order chi connectivity index (χ1) is 13.8. The molecule has 0 aliphatic heterocycles. The van der Waals surface area contributed by atoms with Crippen LogP contribution in [-0.2, 0) is 11.3 Å². The first-order valence-corrected chi connectivity index (χ1v) is 9.14. The van der Waals surface area contributed by atoms with Crippen molar-refractivity contribution in [1.29, 1.82) is 0 Å². The molecule has 0 spiro atoms. The largest absolute Gasteiger partial charge is 0.461 e. The van der Waals surface area contributed by atoms with Crippen LogP contribution in [0.25, 0.3) is 16.6 Å². The van der Waals surface area contributed by atoms with Crippen LogP contribution in [-0.4, -0.2) is 26.9 Å². The number of benzene rings is 2. The molecular formula is C22H20N4O2. The lowest BCUT2D eigenvalue weighted by Crippen LogP contribution is -2.09. The van der Waals surface area contributed by atoms with Crippen LogP contribution >= 0.6 is 0 Å². The summed E-state index contributed by atoms with van der Waals surface area (Å²) in [6.07, 6.45) is 3.37. The minimum Gasteiger partial charge on any atom is -0.461 e. The molecule has 0 aliphatic rings. The maximum Gasteiger partial charge on any atom is 0.359 e. The zero-order valence-corrected chi connectivity index (χ0v) is 15.5. The van der Waals surface area contributed by atoms with E-state index in [9.17, 15) is 4.79 Å². The van der Waals surface area contributed by atoms with Gasteiger partial charge < -0.3 is 10.1 Å². The van der Waals surface area contributed by atoms with Gasteiger partial charge in [-0.15, -0.1) is 0 Å². The Morgan fingerprint density at radius 1 is 1.04 bits per heavy atom. The van der Waals surface area contributed by atoms with E-state index in [1.807, 2.05) is 60.7 Å². The summed E-state index contributed by atoms with van der Waals surface area (Å²) in [6.45, 7) is 2.69. The summed E-state index contributed by atoms with van der Waals surface area (Å²) in [5, 5.41) is 3.33. The topological polar surface area (TPSA) is 68.5 Å². The number of anilines is 1. The Morgan fingerprint density at radius 2 is 1.75 bits per heavy atom. The van der Waals surface area contributed by atoms with Crippen LogP contribution in [0.4, 0.5) is 5.95 Å². The van der Waals surface area contributed by atoms with Crippen molar-refractivity contribution in [2.45, 2.75) is 13.5 Å². The summed E-state index contributed by atoms with van der Waals surface area (Å²) < 4.78 is 7.00. The minimum atomic E-state index is -0.442. The molecule has 0 saturated heterocycles. The molecule has 0 aliphatic carbocycles. The third-order valence-corrected chi connectivity index (χ3v) is 4.41. The summed E-state index contributed by atoms with van der Waals surface area (Å²) in [5.74, 6) is 0.170. The summed E-state index contributed by atoms with van der Waals surface area (Å²) in [7, 11) is 0. The molecule has 2 aromatic carbocycles. The number of nitrogens with one attached hydrogen (secondary N) is 1. The normalized spacial score (nSPS) is 10.8. The number of hydrogen-bond donors (Lipinski definition) is 1. The van der Waals surface area contributed by atoms with Gasteiger partial charge in [-0.1, -0.05) is 60.7 Å². The van der Waals surface area contributed by atoms with Gasteiger partial charge in [0.2, 0.25) is 5.95 Å². The highest BCUT2D eigenvalue weighted by molar-refractivity contribution is 6.00. The monoisotopic (exact) mass is 372 g/mol. The Kier molecular flexibility index (Phi) is 5.01. The number of imidazole rings is 1. The SMILES string of the molecule is CCOC(=O)c1ncn2c(NCc3ccccc3)ncc(-c3ccccc3)c12. The average molecular weight is 372 g/mol. The van der Waals surface area contributed by atoms with E-state index in [4.69, 9.17) is 4.74 Å². The number of nitrogens with zero attached hydrogens (tertiary/aromatic N) is 3. The molecule has 0 radical (unpaired) electrons. The first-order valence-electron chi connectivity index (χ1n) is 9.14. The second-order valence-corrected chi connectivity index (χ2v) is 6.23. The van der Waals surface area contributed by atoms with Crippen LogP contribution in [0.5, 0.6) is 0 Å². The van der Waals surface area contributed by atoms with Gasteiger partial charge in [0.1, 0.15) is 6.33 Å². The van der Waals surface area contributed by atoms with Gasteiger partial charge in [0.15, 0.2) is 5.69 Å². The van der Waals surface area contributed by atoms with E-state index in [-0.39, 0.29) is 5.69 Å². The van der Waals surface area contributed by atoms with Crippen LogP contribution in [0.2, 0.25) is 0 Å². The van der Waals surface area contributed by atoms with Crippen molar-refractivity contribution in [3.05, 3.63) is 84.4 Å². The van der Waals surface area contributed by atoms with Crippen molar-refractivity contribution in [1.82, 2.24) is 14.4 Å². The summed E-state index contributed by atoms with van der Waals surface area (Å²) in [5.41, 5.74) is 3.88. The van der Waals surface area contributed by atoms with Gasteiger partial charge in [-0.05, 0) is 18.1 Å². The van der Waals surface area contributed by atoms with Gasteiger partial charge in [0.05, 0.1) is 12.1 Å². The van der Waals surface area contributed by atoms with Crippen molar-refractivity contribution in [2.75, 3.05) is 11.9 Å². The van der Waals surface area contributed by atoms with E-state index in [0.29, 0.717) is 24.6 Å². The fourth-order valence-corrected chi connectivity index (χ4v) is 3.10. The number of carbonyl (C=O) groups is 1. The molecular weight excluding hydrogens is 352 g/mol. The second-order valence-electron chi connectivity index (χ2n) is 6.23. The lowest BCUT2D eigenvalue weighted by atomic mass is 10.1. The Balaban J connectivity index is 1.79. The number of fused-ring (bicyclic) bond motifs is 1. The van der Waals surface area contributed by atoms with E-state index >= 15 is 0 Å². The highest BCUT2D eigenvalue weighted by Gasteiger charge is 2.20. The first kappa shape index (κ1) is 17.7. The fourth-order valence-electron chi connectivity index (χ4n) is 3.10. The molecule has 140 valence electrons. The van der Waals surface area contributed by atoms with E-state index in [1.54, 1.807) is 23.8 Å². The molecule has 0 unspecified atom stereocenters. The summed E-state index contributed by atoms with van der Waals surface area (Å²) in [4.78, 5) is 21.4. The molecule has 28 heavy (non-hydrogen) atoms. The summed E-state index contributed by atoms with van der Waals surface area (Å²) in [6, 6.07) is 19.9. The molecule has 0 amide bonds. The fraction of sp³-hybridized carbons (Fsp3) is 0.136. The number of hydrogen-bond acceptors (Lipinski definition) is 5. The van der Waals surface area contributed by atoms with Crippen molar-refractivity contribution in [3.63, 3.8) is 0 Å². The number of esters is 1. The molecule has 6 nitrogen and oxygen atoms in total. The smallest absolute Gasteiger partial charge is 0.359 e. The number of rotatable bonds is 6. The third-order valence-electron chi connectivity index (χ3n) is 4.41. The molecule has 6 heteroatoms. The van der Waals surface area contributed by atoms with Crippen LogP contribution in [0.3, 0.4) is 0 Å². The average Bonchev–Trinajstić information content (AvgIpc) is 3.19. The van der Waals surface area contributed by atoms with E-state index in [0.717, 1.165) is 16.7 Å². The Morgan fingerprint density at radius 3 is 2.46 bits per heavy atom. The predicted octanol–water partition coefficient (Wildman–Crippen LogP) is 4.19. The standard InChI is InChI=1S/C22H20N4O2/c1-2-28-21(27)19-20-18(17-11-7-4-8-12-17)14-24-22(26(20)15-25-19)23-13-16-9-5-3-6-10-16/h3-12,14-15H,2,13H2,1H3,(H,23,24). The number of ether oxygens (including phenoxy) is 1. The molecule has 0 fully saturated rings. The molecule has 2 heterocycles. The zero-order valence-electron chi connectivity index (χ0n) is 15.5. The van der Waals surface area contributed by atoms with E-state index in [2.05, 4.69) is 15.3 Å². The quantitative estimate of drug-likeness (QED) is 0.514. The van der Waals surface area contributed by atoms with Crippen molar-refractivity contribution in [3.8, 4) is 11.1 Å². The maximum absolute atomic E-state index is 12.5. The molecule has 2 aromatic heterocycles. The molecule has 0 bridgehead atoms. The van der Waals surface area contributed by atoms with Gasteiger partial charge in [-0.25, -0.2) is 14.8 Å². The van der Waals surface area contributed by atoms with Gasteiger partial charge in [-0.2, -0.15) is 0 Å². The van der Waals surface area contributed by atoms with Crippen molar-refractivity contribution >= 4 is 17.4 Å². The Hall–Kier alpha value is -3.67. The minimum absolute atomic E-state index is 0.283. The van der Waals surface area contributed by atoms with Crippen LogP contribution in [0.1, 0.15) is 23.0 Å². The number of carbonyl (C=O) groups excluding carboxylic acids is 1. The third kappa shape index (κ3) is 3.44. The molecule has 0 saturated carbocycles. The van der Waals surface area contributed by atoms with Gasteiger partial charge >= 0.3 is 5.97 Å². The van der Waals surface area contributed by atoms with Crippen LogP contribution in [0, 0.1) is 0 Å². The van der Waals surface area contributed by atoms with Crippen LogP contribution < -0.4 is 5.32 Å².